The second-order valence-electron chi connectivity index (χ2n) is 7.82. The molecule has 0 unspecified atom stereocenters. The number of methoxy groups -OCH3 is 2. The Morgan fingerprint density at radius 2 is 1.57 bits per heavy atom. The second kappa shape index (κ2) is 9.52. The van der Waals surface area contributed by atoms with Crippen LogP contribution in [0.3, 0.4) is 0 Å². The SMILES string of the molecule is COc1ccc(C(=O)Nc2nc3n(n2)[C@@H](c2ccc(OC)cc2)C=C(c2ccc(Cl)cc2)N3)cc1. The third-order valence-electron chi connectivity index (χ3n) is 5.66. The molecule has 3 aromatic carbocycles. The molecule has 1 aliphatic rings. The van der Waals surface area contributed by atoms with Gasteiger partial charge in [-0.25, -0.2) is 4.68 Å². The minimum atomic E-state index is -0.317. The predicted octanol–water partition coefficient (Wildman–Crippen LogP) is 5.26. The molecule has 0 saturated heterocycles. The number of benzene rings is 3. The first kappa shape index (κ1) is 22.5. The fourth-order valence-electron chi connectivity index (χ4n) is 3.80. The first-order valence-corrected chi connectivity index (χ1v) is 11.2. The van der Waals surface area contributed by atoms with E-state index in [2.05, 4.69) is 26.8 Å². The minimum Gasteiger partial charge on any atom is -0.497 e. The van der Waals surface area contributed by atoms with Crippen molar-refractivity contribution in [2.45, 2.75) is 6.04 Å². The Bertz CT molecular complexity index is 1380. The van der Waals surface area contributed by atoms with Crippen LogP contribution < -0.4 is 20.1 Å². The van der Waals surface area contributed by atoms with Crippen LogP contribution in [0.2, 0.25) is 5.02 Å². The number of rotatable bonds is 6. The van der Waals surface area contributed by atoms with Gasteiger partial charge in [0.1, 0.15) is 17.5 Å². The fraction of sp³-hybridized carbons (Fsp3) is 0.115. The molecule has 0 bridgehead atoms. The van der Waals surface area contributed by atoms with Crippen LogP contribution in [0.5, 0.6) is 11.5 Å². The Labute approximate surface area is 207 Å². The molecule has 35 heavy (non-hydrogen) atoms. The molecule has 1 atom stereocenters. The highest BCUT2D eigenvalue weighted by Gasteiger charge is 2.26. The van der Waals surface area contributed by atoms with Gasteiger partial charge in [-0.3, -0.25) is 10.1 Å². The largest absolute Gasteiger partial charge is 0.497 e. The van der Waals surface area contributed by atoms with E-state index in [0.29, 0.717) is 22.3 Å². The summed E-state index contributed by atoms with van der Waals surface area (Å²) in [7, 11) is 3.21. The average Bonchev–Trinajstić information content (AvgIpc) is 3.31. The van der Waals surface area contributed by atoms with Gasteiger partial charge in [-0.15, -0.1) is 5.10 Å². The van der Waals surface area contributed by atoms with Crippen molar-refractivity contribution in [1.29, 1.82) is 0 Å². The fourth-order valence-corrected chi connectivity index (χ4v) is 3.92. The number of hydrogen-bond acceptors (Lipinski definition) is 6. The lowest BCUT2D eigenvalue weighted by Crippen LogP contribution is -2.20. The lowest BCUT2D eigenvalue weighted by atomic mass is 10.0. The Balaban J connectivity index is 1.48. The molecule has 2 heterocycles. The van der Waals surface area contributed by atoms with E-state index >= 15 is 0 Å². The zero-order chi connectivity index (χ0) is 24.4. The molecule has 0 radical (unpaired) electrons. The van der Waals surface area contributed by atoms with Gasteiger partial charge in [-0.2, -0.15) is 4.98 Å². The number of allylic oxidation sites excluding steroid dienone is 1. The Morgan fingerprint density at radius 1 is 0.943 bits per heavy atom. The summed E-state index contributed by atoms with van der Waals surface area (Å²) >= 11 is 6.08. The van der Waals surface area contributed by atoms with Crippen LogP contribution >= 0.6 is 11.6 Å². The number of ether oxygens (including phenoxy) is 2. The van der Waals surface area contributed by atoms with E-state index in [0.717, 1.165) is 22.6 Å². The molecule has 9 heteroatoms. The number of fused-ring (bicyclic) bond motifs is 1. The van der Waals surface area contributed by atoms with Gasteiger partial charge in [-0.05, 0) is 65.7 Å². The summed E-state index contributed by atoms with van der Waals surface area (Å²) in [6.07, 6.45) is 2.06. The van der Waals surface area contributed by atoms with E-state index in [4.69, 9.17) is 21.1 Å². The summed E-state index contributed by atoms with van der Waals surface area (Å²) < 4.78 is 12.2. The third kappa shape index (κ3) is 4.69. The normalized spacial score (nSPS) is 14.4. The maximum Gasteiger partial charge on any atom is 0.258 e. The van der Waals surface area contributed by atoms with Crippen LogP contribution in [0.1, 0.15) is 27.5 Å². The Morgan fingerprint density at radius 3 is 2.20 bits per heavy atom. The zero-order valence-electron chi connectivity index (χ0n) is 19.0. The predicted molar refractivity (Wildman–Crippen MR) is 135 cm³/mol. The summed E-state index contributed by atoms with van der Waals surface area (Å²) in [4.78, 5) is 17.3. The number of anilines is 2. The minimum absolute atomic E-state index is 0.192. The van der Waals surface area contributed by atoms with Gasteiger partial charge in [0.2, 0.25) is 5.95 Å². The first-order chi connectivity index (χ1) is 17.0. The van der Waals surface area contributed by atoms with E-state index < -0.39 is 0 Å². The van der Waals surface area contributed by atoms with Crippen LogP contribution in [-0.4, -0.2) is 34.9 Å². The summed E-state index contributed by atoms with van der Waals surface area (Å²) in [5, 5.41) is 11.3. The molecular formula is C26H22ClN5O3. The number of halogens is 1. The van der Waals surface area contributed by atoms with Crippen LogP contribution in [0.4, 0.5) is 11.9 Å². The number of aromatic nitrogens is 3. The summed E-state index contributed by atoms with van der Waals surface area (Å²) in [5.74, 6) is 1.81. The van der Waals surface area contributed by atoms with E-state index in [1.54, 1.807) is 43.2 Å². The van der Waals surface area contributed by atoms with Crippen molar-refractivity contribution >= 4 is 35.1 Å². The number of hydrogen-bond donors (Lipinski definition) is 2. The lowest BCUT2D eigenvalue weighted by Gasteiger charge is -2.24. The van der Waals surface area contributed by atoms with Gasteiger partial charge >= 0.3 is 0 Å². The monoisotopic (exact) mass is 487 g/mol. The van der Waals surface area contributed by atoms with Crippen molar-refractivity contribution in [3.63, 3.8) is 0 Å². The highest BCUT2D eigenvalue weighted by Crippen LogP contribution is 2.34. The van der Waals surface area contributed by atoms with Gasteiger partial charge in [0.05, 0.1) is 14.2 Å². The Hall–Kier alpha value is -4.30. The Kier molecular flexibility index (Phi) is 6.12. The van der Waals surface area contributed by atoms with Gasteiger partial charge in [0.25, 0.3) is 11.9 Å². The van der Waals surface area contributed by atoms with E-state index in [1.807, 2.05) is 48.5 Å². The van der Waals surface area contributed by atoms with Gasteiger partial charge in [0, 0.05) is 16.3 Å². The maximum absolute atomic E-state index is 12.8. The van der Waals surface area contributed by atoms with Crippen LogP contribution in [0.25, 0.3) is 5.70 Å². The molecule has 0 spiro atoms. The van der Waals surface area contributed by atoms with Crippen molar-refractivity contribution in [3.05, 3.63) is 101 Å². The molecule has 0 aliphatic carbocycles. The van der Waals surface area contributed by atoms with Crippen molar-refractivity contribution in [1.82, 2.24) is 14.8 Å². The number of nitrogens with zero attached hydrogens (tertiary/aromatic N) is 3. The van der Waals surface area contributed by atoms with Gasteiger partial charge < -0.3 is 14.8 Å². The standard InChI is InChI=1S/C26H22ClN5O3/c1-34-20-11-5-17(6-12-20)23-15-22(16-3-9-19(27)10-4-16)28-26-30-25(31-32(23)26)29-24(33)18-7-13-21(35-2)14-8-18/h3-15,23H,1-2H3,(H2,28,29,30,31,33)/t23-/m1/s1. The van der Waals surface area contributed by atoms with Crippen molar-refractivity contribution in [2.24, 2.45) is 0 Å². The zero-order valence-corrected chi connectivity index (χ0v) is 19.8. The molecule has 4 aromatic rings. The first-order valence-electron chi connectivity index (χ1n) is 10.8. The molecule has 176 valence electrons. The smallest absolute Gasteiger partial charge is 0.258 e. The molecule has 0 fully saturated rings. The van der Waals surface area contributed by atoms with Crippen LogP contribution in [0.15, 0.2) is 78.9 Å². The van der Waals surface area contributed by atoms with E-state index in [1.165, 1.54) is 0 Å². The maximum atomic E-state index is 12.8. The van der Waals surface area contributed by atoms with Crippen LogP contribution in [-0.2, 0) is 0 Å². The topological polar surface area (TPSA) is 90.3 Å². The van der Waals surface area contributed by atoms with E-state index in [-0.39, 0.29) is 17.9 Å². The highest BCUT2D eigenvalue weighted by molar-refractivity contribution is 6.30. The lowest BCUT2D eigenvalue weighted by molar-refractivity contribution is 0.102. The quantitative estimate of drug-likeness (QED) is 0.385. The number of nitrogens with one attached hydrogen (secondary N) is 2. The number of carbonyl (C=O) groups excluding carboxylic acids is 1. The second-order valence-corrected chi connectivity index (χ2v) is 8.25. The highest BCUT2D eigenvalue weighted by atomic mass is 35.5. The van der Waals surface area contributed by atoms with Gasteiger partial charge in [-0.1, -0.05) is 35.9 Å². The molecule has 1 aliphatic heterocycles. The number of amides is 1. The molecule has 2 N–H and O–H groups in total. The average molecular weight is 488 g/mol. The molecule has 8 nitrogen and oxygen atoms in total. The van der Waals surface area contributed by atoms with Crippen LogP contribution in [0, 0.1) is 0 Å². The third-order valence-corrected chi connectivity index (χ3v) is 5.91. The molecule has 5 rings (SSSR count). The van der Waals surface area contributed by atoms with Crippen molar-refractivity contribution in [3.8, 4) is 11.5 Å². The summed E-state index contributed by atoms with van der Waals surface area (Å²) in [5.41, 5.74) is 3.26. The van der Waals surface area contributed by atoms with Crippen molar-refractivity contribution in [2.75, 3.05) is 24.9 Å². The molecule has 1 amide bonds. The van der Waals surface area contributed by atoms with Gasteiger partial charge in [0.15, 0.2) is 0 Å². The van der Waals surface area contributed by atoms with Crippen molar-refractivity contribution < 1.29 is 14.3 Å². The molecule has 0 saturated carbocycles. The number of carbonyl (C=O) groups is 1. The summed E-state index contributed by atoms with van der Waals surface area (Å²) in [6.45, 7) is 0. The van der Waals surface area contributed by atoms with E-state index in [9.17, 15) is 4.79 Å². The summed E-state index contributed by atoms with van der Waals surface area (Å²) in [6, 6.07) is 21.9. The molecule has 1 aromatic heterocycles. The molecular weight excluding hydrogens is 466 g/mol.